The van der Waals surface area contributed by atoms with Gasteiger partial charge in [0.2, 0.25) is 0 Å². The third kappa shape index (κ3) is 1.92. The van der Waals surface area contributed by atoms with E-state index < -0.39 is 0 Å². The Morgan fingerprint density at radius 1 is 1.73 bits per heavy atom. The molecule has 0 spiro atoms. The Balaban J connectivity index is 2.40. The second-order valence-electron chi connectivity index (χ2n) is 3.12. The summed E-state index contributed by atoms with van der Waals surface area (Å²) in [6.45, 7) is 4.06. The van der Waals surface area contributed by atoms with Crippen LogP contribution >= 0.6 is 0 Å². The van der Waals surface area contributed by atoms with Crippen molar-refractivity contribution < 1.29 is 0 Å². The lowest BCUT2D eigenvalue weighted by atomic mass is 10.2. The van der Waals surface area contributed by atoms with Gasteiger partial charge in [0.05, 0.1) is 12.1 Å². The fourth-order valence-electron chi connectivity index (χ4n) is 1.39. The molecule has 0 bridgehead atoms. The Labute approximate surface area is 68.0 Å². The maximum Gasteiger partial charge on any atom is 0.0949 e. The van der Waals surface area contributed by atoms with Crippen LogP contribution in [0.5, 0.6) is 0 Å². The highest BCUT2D eigenvalue weighted by molar-refractivity contribution is 4.91. The molecule has 11 heavy (non-hydrogen) atoms. The Morgan fingerprint density at radius 3 is 2.91 bits per heavy atom. The van der Waals surface area contributed by atoms with E-state index in [4.69, 9.17) is 5.26 Å². The van der Waals surface area contributed by atoms with Gasteiger partial charge in [0.1, 0.15) is 0 Å². The predicted molar refractivity (Wildman–Crippen MR) is 44.1 cm³/mol. The lowest BCUT2D eigenvalue weighted by molar-refractivity contribution is 0.230. The first-order valence-electron chi connectivity index (χ1n) is 4.08. The van der Waals surface area contributed by atoms with Crippen molar-refractivity contribution in [1.82, 2.24) is 10.2 Å². The summed E-state index contributed by atoms with van der Waals surface area (Å²) in [5.41, 5.74) is 0. The predicted octanol–water partition coefficient (Wildman–Crippen LogP) is 0.192. The topological polar surface area (TPSA) is 39.1 Å². The summed E-state index contributed by atoms with van der Waals surface area (Å²) in [6, 6.07) is 2.84. The van der Waals surface area contributed by atoms with Gasteiger partial charge in [-0.15, -0.1) is 0 Å². The van der Waals surface area contributed by atoms with E-state index in [1.165, 1.54) is 6.42 Å². The molecule has 1 heterocycles. The molecule has 1 aliphatic heterocycles. The van der Waals surface area contributed by atoms with Crippen LogP contribution in [0, 0.1) is 11.3 Å². The molecule has 0 aromatic heterocycles. The molecule has 0 aromatic rings. The van der Waals surface area contributed by atoms with Gasteiger partial charge in [-0.05, 0) is 26.9 Å². The molecule has 1 N–H and O–H groups in total. The zero-order chi connectivity index (χ0) is 8.27. The van der Waals surface area contributed by atoms with Crippen LogP contribution in [0.2, 0.25) is 0 Å². The van der Waals surface area contributed by atoms with Gasteiger partial charge in [-0.25, -0.2) is 0 Å². The largest absolute Gasteiger partial charge is 0.315 e. The van der Waals surface area contributed by atoms with E-state index >= 15 is 0 Å². The zero-order valence-corrected chi connectivity index (χ0v) is 7.17. The van der Waals surface area contributed by atoms with Crippen LogP contribution in [0.15, 0.2) is 0 Å². The molecule has 0 aromatic carbocycles. The molecule has 1 saturated heterocycles. The third-order valence-corrected chi connectivity index (χ3v) is 2.41. The first kappa shape index (κ1) is 8.51. The summed E-state index contributed by atoms with van der Waals surface area (Å²) in [6.07, 6.45) is 1.17. The molecule has 0 radical (unpaired) electrons. The van der Waals surface area contributed by atoms with Gasteiger partial charge in [0.15, 0.2) is 0 Å². The first-order valence-corrected chi connectivity index (χ1v) is 4.08. The smallest absolute Gasteiger partial charge is 0.0949 e. The SMILES string of the molecule is CC(C#N)N(C)C1CCNC1. The van der Waals surface area contributed by atoms with Crippen molar-refractivity contribution in [2.45, 2.75) is 25.4 Å². The van der Waals surface area contributed by atoms with Crippen LogP contribution in [0.25, 0.3) is 0 Å². The minimum Gasteiger partial charge on any atom is -0.315 e. The average Bonchev–Trinajstić information content (AvgIpc) is 2.53. The standard InChI is InChI=1S/C8H15N3/c1-7(5-9)11(2)8-3-4-10-6-8/h7-8,10H,3-4,6H2,1-2H3. The van der Waals surface area contributed by atoms with Crippen molar-refractivity contribution in [3.63, 3.8) is 0 Å². The fraction of sp³-hybridized carbons (Fsp3) is 0.875. The van der Waals surface area contributed by atoms with Crippen molar-refractivity contribution in [2.24, 2.45) is 0 Å². The number of nitrogens with one attached hydrogen (secondary N) is 1. The molecular weight excluding hydrogens is 138 g/mol. The van der Waals surface area contributed by atoms with Crippen LogP contribution < -0.4 is 5.32 Å². The van der Waals surface area contributed by atoms with Crippen molar-refractivity contribution >= 4 is 0 Å². The minimum atomic E-state index is 0.0416. The minimum absolute atomic E-state index is 0.0416. The summed E-state index contributed by atoms with van der Waals surface area (Å²) >= 11 is 0. The van der Waals surface area contributed by atoms with Crippen molar-refractivity contribution in [2.75, 3.05) is 20.1 Å². The van der Waals surface area contributed by atoms with Crippen molar-refractivity contribution in [1.29, 1.82) is 5.26 Å². The number of likely N-dealkylation sites (N-methyl/N-ethyl adjacent to an activating group) is 1. The molecule has 1 fully saturated rings. The molecular formula is C8H15N3. The molecule has 0 amide bonds. The van der Waals surface area contributed by atoms with Crippen LogP contribution in [-0.4, -0.2) is 37.1 Å². The number of hydrogen-bond acceptors (Lipinski definition) is 3. The van der Waals surface area contributed by atoms with Crippen LogP contribution in [0.3, 0.4) is 0 Å². The highest BCUT2D eigenvalue weighted by Gasteiger charge is 2.22. The second kappa shape index (κ2) is 3.70. The Kier molecular flexibility index (Phi) is 2.86. The van der Waals surface area contributed by atoms with E-state index in [-0.39, 0.29) is 6.04 Å². The molecule has 62 valence electrons. The highest BCUT2D eigenvalue weighted by atomic mass is 15.2. The quantitative estimate of drug-likeness (QED) is 0.615. The average molecular weight is 153 g/mol. The third-order valence-electron chi connectivity index (χ3n) is 2.41. The maximum absolute atomic E-state index is 8.65. The monoisotopic (exact) mass is 153 g/mol. The molecule has 2 atom stereocenters. The Morgan fingerprint density at radius 2 is 2.45 bits per heavy atom. The summed E-state index contributed by atoms with van der Waals surface area (Å²) in [5, 5.41) is 11.9. The van der Waals surface area contributed by atoms with E-state index in [1.54, 1.807) is 0 Å². The van der Waals surface area contributed by atoms with E-state index in [1.807, 2.05) is 14.0 Å². The van der Waals surface area contributed by atoms with Crippen LogP contribution in [-0.2, 0) is 0 Å². The van der Waals surface area contributed by atoms with Crippen LogP contribution in [0.4, 0.5) is 0 Å². The molecule has 3 nitrogen and oxygen atoms in total. The lowest BCUT2D eigenvalue weighted by Gasteiger charge is -2.25. The zero-order valence-electron chi connectivity index (χ0n) is 7.17. The summed E-state index contributed by atoms with van der Waals surface area (Å²) < 4.78 is 0. The van der Waals surface area contributed by atoms with Gasteiger partial charge in [-0.2, -0.15) is 5.26 Å². The molecule has 3 heteroatoms. The van der Waals surface area contributed by atoms with Gasteiger partial charge in [0, 0.05) is 12.6 Å². The summed E-state index contributed by atoms with van der Waals surface area (Å²) in [5.74, 6) is 0. The maximum atomic E-state index is 8.65. The first-order chi connectivity index (χ1) is 5.25. The van der Waals surface area contributed by atoms with E-state index in [0.29, 0.717) is 6.04 Å². The number of rotatable bonds is 2. The second-order valence-corrected chi connectivity index (χ2v) is 3.12. The van der Waals surface area contributed by atoms with E-state index in [0.717, 1.165) is 13.1 Å². The molecule has 1 aliphatic rings. The fourth-order valence-corrected chi connectivity index (χ4v) is 1.39. The van der Waals surface area contributed by atoms with Gasteiger partial charge < -0.3 is 5.32 Å². The lowest BCUT2D eigenvalue weighted by Crippen LogP contribution is -2.39. The van der Waals surface area contributed by atoms with Crippen LogP contribution in [0.1, 0.15) is 13.3 Å². The Hall–Kier alpha value is -0.590. The molecule has 0 aliphatic carbocycles. The molecule has 1 rings (SSSR count). The van der Waals surface area contributed by atoms with E-state index in [2.05, 4.69) is 16.3 Å². The van der Waals surface area contributed by atoms with Gasteiger partial charge >= 0.3 is 0 Å². The van der Waals surface area contributed by atoms with Crippen molar-refractivity contribution in [3.05, 3.63) is 0 Å². The summed E-state index contributed by atoms with van der Waals surface area (Å²) in [7, 11) is 2.02. The van der Waals surface area contributed by atoms with Gasteiger partial charge in [0.25, 0.3) is 0 Å². The molecule has 2 unspecified atom stereocenters. The number of nitrogens with zero attached hydrogens (tertiary/aromatic N) is 2. The number of hydrogen-bond donors (Lipinski definition) is 1. The van der Waals surface area contributed by atoms with Gasteiger partial charge in [-0.3, -0.25) is 4.90 Å². The summed E-state index contributed by atoms with van der Waals surface area (Å²) in [4.78, 5) is 2.14. The van der Waals surface area contributed by atoms with Gasteiger partial charge in [-0.1, -0.05) is 0 Å². The van der Waals surface area contributed by atoms with E-state index in [9.17, 15) is 0 Å². The molecule has 0 saturated carbocycles. The highest BCUT2D eigenvalue weighted by Crippen LogP contribution is 2.08. The Bertz CT molecular complexity index is 155. The van der Waals surface area contributed by atoms with Crippen molar-refractivity contribution in [3.8, 4) is 6.07 Å². The normalized spacial score (nSPS) is 26.9. The number of nitriles is 1.